The van der Waals surface area contributed by atoms with Gasteiger partial charge in [0, 0.05) is 26.2 Å². The quantitative estimate of drug-likeness (QED) is 0.296. The zero-order valence-electron chi connectivity index (χ0n) is 13.3. The summed E-state index contributed by atoms with van der Waals surface area (Å²) in [4.78, 5) is 6.48. The molecule has 0 aliphatic heterocycles. The van der Waals surface area contributed by atoms with Gasteiger partial charge in [0.15, 0.2) is 5.96 Å². The minimum absolute atomic E-state index is 0. The predicted molar refractivity (Wildman–Crippen MR) is 108 cm³/mol. The summed E-state index contributed by atoms with van der Waals surface area (Å²) in [5.41, 5.74) is 13.4. The molecule has 0 aliphatic rings. The van der Waals surface area contributed by atoms with Crippen LogP contribution in [0.3, 0.4) is 0 Å². The Labute approximate surface area is 155 Å². The van der Waals surface area contributed by atoms with E-state index in [2.05, 4.69) is 58.4 Å². The van der Waals surface area contributed by atoms with Crippen LogP contribution in [-0.2, 0) is 13.1 Å². The van der Waals surface area contributed by atoms with E-state index < -0.39 is 0 Å². The molecule has 0 heterocycles. The minimum atomic E-state index is 0. The maximum atomic E-state index is 5.37. The lowest BCUT2D eigenvalue weighted by molar-refractivity contribution is 0.255. The van der Waals surface area contributed by atoms with Crippen molar-refractivity contribution in [2.75, 3.05) is 13.1 Å². The van der Waals surface area contributed by atoms with Gasteiger partial charge in [-0.1, -0.05) is 60.7 Å². The fraction of sp³-hybridized carbons (Fsp3) is 0.278. The number of hydrogen-bond donors (Lipinski definition) is 2. The minimum Gasteiger partial charge on any atom is -0.370 e. The second kappa shape index (κ2) is 11.0. The van der Waals surface area contributed by atoms with Crippen LogP contribution in [0, 0.1) is 0 Å². The van der Waals surface area contributed by atoms with Gasteiger partial charge in [-0.25, -0.2) is 0 Å². The first-order valence-corrected chi connectivity index (χ1v) is 7.59. The summed E-state index contributed by atoms with van der Waals surface area (Å²) in [7, 11) is 0. The molecule has 2 aromatic rings. The van der Waals surface area contributed by atoms with Crippen LogP contribution in [0.4, 0.5) is 0 Å². The topological polar surface area (TPSA) is 67.6 Å². The molecule has 0 radical (unpaired) electrons. The Hall–Kier alpha value is -1.60. The predicted octanol–water partition coefficient (Wildman–Crippen LogP) is 2.97. The smallest absolute Gasteiger partial charge is 0.185 e. The zero-order chi connectivity index (χ0) is 15.6. The van der Waals surface area contributed by atoms with E-state index in [1.54, 1.807) is 0 Å². The Bertz CT molecular complexity index is 527. The Morgan fingerprint density at radius 2 is 1.30 bits per heavy atom. The number of guanidine groups is 1. The van der Waals surface area contributed by atoms with E-state index in [1.807, 2.05) is 12.1 Å². The first-order chi connectivity index (χ1) is 10.7. The molecule has 124 valence electrons. The largest absolute Gasteiger partial charge is 0.370 e. The third kappa shape index (κ3) is 7.99. The summed E-state index contributed by atoms with van der Waals surface area (Å²) in [6.45, 7) is 3.48. The molecule has 5 heteroatoms. The number of aliphatic imine (C=N–C) groups is 1. The van der Waals surface area contributed by atoms with Crippen LogP contribution in [-0.4, -0.2) is 23.9 Å². The Balaban J connectivity index is 0.00000264. The lowest BCUT2D eigenvalue weighted by Gasteiger charge is -2.22. The molecule has 0 bridgehead atoms. The van der Waals surface area contributed by atoms with Crippen molar-refractivity contribution in [1.82, 2.24) is 4.90 Å². The van der Waals surface area contributed by atoms with Gasteiger partial charge < -0.3 is 11.5 Å². The monoisotopic (exact) mass is 424 g/mol. The third-order valence-electron chi connectivity index (χ3n) is 3.42. The average molecular weight is 424 g/mol. The maximum absolute atomic E-state index is 5.37. The molecule has 2 aromatic carbocycles. The summed E-state index contributed by atoms with van der Waals surface area (Å²) in [5.74, 6) is 0.165. The Morgan fingerprint density at radius 1 is 0.826 bits per heavy atom. The summed E-state index contributed by atoms with van der Waals surface area (Å²) in [6.07, 6.45) is 0.942. The zero-order valence-corrected chi connectivity index (χ0v) is 15.6. The van der Waals surface area contributed by atoms with Crippen LogP contribution in [0.15, 0.2) is 65.7 Å². The van der Waals surface area contributed by atoms with Crippen LogP contribution < -0.4 is 11.5 Å². The van der Waals surface area contributed by atoms with Gasteiger partial charge in [0.2, 0.25) is 0 Å². The van der Waals surface area contributed by atoms with Gasteiger partial charge in [-0.2, -0.15) is 0 Å². The highest BCUT2D eigenvalue weighted by Crippen LogP contribution is 2.10. The van der Waals surface area contributed by atoms with Crippen LogP contribution in [0.25, 0.3) is 0 Å². The first kappa shape index (κ1) is 19.4. The molecule has 0 amide bonds. The molecule has 23 heavy (non-hydrogen) atoms. The van der Waals surface area contributed by atoms with E-state index in [-0.39, 0.29) is 29.9 Å². The van der Waals surface area contributed by atoms with Gasteiger partial charge in [0.25, 0.3) is 0 Å². The van der Waals surface area contributed by atoms with Crippen molar-refractivity contribution >= 4 is 29.9 Å². The number of nitrogens with zero attached hydrogens (tertiary/aromatic N) is 2. The Kier molecular flexibility index (Phi) is 9.31. The van der Waals surface area contributed by atoms with Crippen molar-refractivity contribution in [1.29, 1.82) is 0 Å². The molecule has 0 spiro atoms. The van der Waals surface area contributed by atoms with E-state index in [0.29, 0.717) is 6.54 Å². The van der Waals surface area contributed by atoms with E-state index in [9.17, 15) is 0 Å². The van der Waals surface area contributed by atoms with Gasteiger partial charge in [-0.3, -0.25) is 9.89 Å². The highest BCUT2D eigenvalue weighted by molar-refractivity contribution is 14.0. The van der Waals surface area contributed by atoms with E-state index >= 15 is 0 Å². The molecule has 0 saturated heterocycles. The lowest BCUT2D eigenvalue weighted by atomic mass is 10.1. The molecule has 0 atom stereocenters. The van der Waals surface area contributed by atoms with Crippen molar-refractivity contribution in [3.8, 4) is 0 Å². The molecule has 0 aliphatic carbocycles. The number of hydrogen-bond acceptors (Lipinski definition) is 2. The van der Waals surface area contributed by atoms with Gasteiger partial charge in [-0.15, -0.1) is 24.0 Å². The van der Waals surface area contributed by atoms with Gasteiger partial charge >= 0.3 is 0 Å². The maximum Gasteiger partial charge on any atom is 0.185 e. The molecule has 0 aromatic heterocycles. The second-order valence-corrected chi connectivity index (χ2v) is 5.34. The van der Waals surface area contributed by atoms with Crippen molar-refractivity contribution in [2.24, 2.45) is 16.5 Å². The summed E-state index contributed by atoms with van der Waals surface area (Å²) in [5, 5.41) is 0. The summed E-state index contributed by atoms with van der Waals surface area (Å²) in [6, 6.07) is 21.0. The standard InChI is InChI=1S/C18H24N4.HI/c19-18(20)21-12-7-13-22(14-16-8-3-1-4-9-16)15-17-10-5-2-6-11-17;/h1-6,8-11H,7,12-15H2,(H4,19,20,21);1H. The number of rotatable bonds is 8. The second-order valence-electron chi connectivity index (χ2n) is 5.34. The van der Waals surface area contributed by atoms with Gasteiger partial charge in [0.05, 0.1) is 0 Å². The van der Waals surface area contributed by atoms with Crippen LogP contribution >= 0.6 is 24.0 Å². The molecular formula is C18H25IN4. The molecule has 0 fully saturated rings. The molecule has 0 unspecified atom stereocenters. The van der Waals surface area contributed by atoms with E-state index in [4.69, 9.17) is 11.5 Å². The van der Waals surface area contributed by atoms with E-state index in [0.717, 1.165) is 26.1 Å². The average Bonchev–Trinajstić information content (AvgIpc) is 2.53. The molecular weight excluding hydrogens is 399 g/mol. The summed E-state index contributed by atoms with van der Waals surface area (Å²) >= 11 is 0. The highest BCUT2D eigenvalue weighted by atomic mass is 127. The lowest BCUT2D eigenvalue weighted by Crippen LogP contribution is -2.26. The number of nitrogens with two attached hydrogens (primary N) is 2. The Morgan fingerprint density at radius 3 is 1.74 bits per heavy atom. The molecule has 2 rings (SSSR count). The normalized spacial score (nSPS) is 10.1. The fourth-order valence-electron chi connectivity index (χ4n) is 2.40. The fourth-order valence-corrected chi connectivity index (χ4v) is 2.40. The van der Waals surface area contributed by atoms with Crippen molar-refractivity contribution in [2.45, 2.75) is 19.5 Å². The highest BCUT2D eigenvalue weighted by Gasteiger charge is 2.06. The molecule has 4 N–H and O–H groups in total. The van der Waals surface area contributed by atoms with Crippen LogP contribution in [0.2, 0.25) is 0 Å². The van der Waals surface area contributed by atoms with Crippen molar-refractivity contribution < 1.29 is 0 Å². The van der Waals surface area contributed by atoms with Crippen molar-refractivity contribution in [3.05, 3.63) is 71.8 Å². The molecule has 0 saturated carbocycles. The summed E-state index contributed by atoms with van der Waals surface area (Å²) < 4.78 is 0. The number of benzene rings is 2. The van der Waals surface area contributed by atoms with Gasteiger partial charge in [-0.05, 0) is 17.5 Å². The van der Waals surface area contributed by atoms with E-state index in [1.165, 1.54) is 11.1 Å². The van der Waals surface area contributed by atoms with Crippen molar-refractivity contribution in [3.63, 3.8) is 0 Å². The third-order valence-corrected chi connectivity index (χ3v) is 3.42. The SMILES string of the molecule is I.NC(N)=NCCCN(Cc1ccccc1)Cc1ccccc1. The van der Waals surface area contributed by atoms with Gasteiger partial charge in [0.1, 0.15) is 0 Å². The first-order valence-electron chi connectivity index (χ1n) is 7.59. The van der Waals surface area contributed by atoms with Crippen LogP contribution in [0.5, 0.6) is 0 Å². The van der Waals surface area contributed by atoms with Crippen LogP contribution in [0.1, 0.15) is 17.5 Å². The molecule has 4 nitrogen and oxygen atoms in total. The number of halogens is 1.